The number of aryl methyl sites for hydroxylation is 1. The molecular weight excluding hydrogens is 216 g/mol. The van der Waals surface area contributed by atoms with Crippen molar-refractivity contribution >= 4 is 5.91 Å². The van der Waals surface area contributed by atoms with Gasteiger partial charge >= 0.3 is 0 Å². The average molecular weight is 236 g/mol. The Morgan fingerprint density at radius 3 is 2.41 bits per heavy atom. The van der Waals surface area contributed by atoms with Gasteiger partial charge in [0, 0.05) is 13.6 Å². The number of nitrogens with zero attached hydrogens (tertiary/aromatic N) is 1. The molecule has 2 unspecified atom stereocenters. The van der Waals surface area contributed by atoms with Gasteiger partial charge in [0.25, 0.3) is 0 Å². The number of likely N-dealkylation sites (N-methyl/N-ethyl adjacent to an activating group) is 1. The van der Waals surface area contributed by atoms with E-state index in [1.54, 1.807) is 14.0 Å². The van der Waals surface area contributed by atoms with E-state index in [1.807, 2.05) is 31.2 Å². The minimum Gasteiger partial charge on any atom is -0.392 e. The number of amides is 1. The van der Waals surface area contributed by atoms with Crippen LogP contribution in [0.1, 0.15) is 24.1 Å². The van der Waals surface area contributed by atoms with Crippen LogP contribution in [0.5, 0.6) is 0 Å². The van der Waals surface area contributed by atoms with Crippen LogP contribution < -0.4 is 5.73 Å². The molecule has 2 atom stereocenters. The van der Waals surface area contributed by atoms with E-state index in [0.29, 0.717) is 6.54 Å². The Morgan fingerprint density at radius 1 is 1.41 bits per heavy atom. The molecule has 4 nitrogen and oxygen atoms in total. The van der Waals surface area contributed by atoms with E-state index >= 15 is 0 Å². The van der Waals surface area contributed by atoms with Gasteiger partial charge < -0.3 is 15.7 Å². The molecule has 1 aromatic carbocycles. The fourth-order valence-corrected chi connectivity index (χ4v) is 1.64. The minimum absolute atomic E-state index is 0.185. The molecular formula is C13H20N2O2. The first kappa shape index (κ1) is 13.7. The van der Waals surface area contributed by atoms with Crippen LogP contribution in [-0.4, -0.2) is 35.6 Å². The summed E-state index contributed by atoms with van der Waals surface area (Å²) < 4.78 is 0. The second kappa shape index (κ2) is 5.80. The molecule has 1 rings (SSSR count). The fraction of sp³-hybridized carbons (Fsp3) is 0.462. The third-order valence-corrected chi connectivity index (χ3v) is 2.62. The van der Waals surface area contributed by atoms with E-state index in [9.17, 15) is 9.90 Å². The number of aliphatic hydroxyl groups is 1. The van der Waals surface area contributed by atoms with Gasteiger partial charge in [-0.25, -0.2) is 0 Å². The Bertz CT molecular complexity index is 374. The summed E-state index contributed by atoms with van der Waals surface area (Å²) in [6.07, 6.45) is -0.547. The maximum Gasteiger partial charge on any atom is 0.243 e. The van der Waals surface area contributed by atoms with Crippen LogP contribution in [0, 0.1) is 6.92 Å². The molecule has 1 amide bonds. The lowest BCUT2D eigenvalue weighted by atomic mass is 10.0. The highest BCUT2D eigenvalue weighted by molar-refractivity contribution is 5.82. The molecule has 0 aliphatic carbocycles. The zero-order valence-corrected chi connectivity index (χ0v) is 10.6. The summed E-state index contributed by atoms with van der Waals surface area (Å²) in [5.41, 5.74) is 7.81. The van der Waals surface area contributed by atoms with Crippen LogP contribution in [0.4, 0.5) is 0 Å². The summed E-state index contributed by atoms with van der Waals surface area (Å²) >= 11 is 0. The Morgan fingerprint density at radius 2 is 1.94 bits per heavy atom. The van der Waals surface area contributed by atoms with E-state index in [1.165, 1.54) is 4.90 Å². The van der Waals surface area contributed by atoms with Gasteiger partial charge in [-0.1, -0.05) is 29.8 Å². The van der Waals surface area contributed by atoms with Crippen molar-refractivity contribution in [1.29, 1.82) is 0 Å². The van der Waals surface area contributed by atoms with Crippen molar-refractivity contribution in [2.45, 2.75) is 26.0 Å². The van der Waals surface area contributed by atoms with Crippen molar-refractivity contribution in [3.63, 3.8) is 0 Å². The normalized spacial score (nSPS) is 14.2. The summed E-state index contributed by atoms with van der Waals surface area (Å²) in [6.45, 7) is 3.91. The number of benzene rings is 1. The molecule has 3 N–H and O–H groups in total. The third-order valence-electron chi connectivity index (χ3n) is 2.62. The zero-order chi connectivity index (χ0) is 13.0. The molecule has 94 valence electrons. The first-order valence-corrected chi connectivity index (χ1v) is 5.67. The smallest absolute Gasteiger partial charge is 0.243 e. The lowest BCUT2D eigenvalue weighted by Crippen LogP contribution is -2.39. The topological polar surface area (TPSA) is 66.6 Å². The van der Waals surface area contributed by atoms with E-state index in [0.717, 1.165) is 11.1 Å². The number of nitrogens with two attached hydrogens (primary N) is 1. The summed E-state index contributed by atoms with van der Waals surface area (Å²) in [5, 5.41) is 9.23. The van der Waals surface area contributed by atoms with Crippen molar-refractivity contribution in [2.24, 2.45) is 5.73 Å². The number of hydrogen-bond donors (Lipinski definition) is 2. The van der Waals surface area contributed by atoms with Crippen LogP contribution in [0.15, 0.2) is 24.3 Å². The van der Waals surface area contributed by atoms with Gasteiger partial charge in [0.05, 0.1) is 6.10 Å². The molecule has 0 bridgehead atoms. The second-order valence-corrected chi connectivity index (χ2v) is 4.46. The molecule has 4 heteroatoms. The highest BCUT2D eigenvalue weighted by Gasteiger charge is 2.20. The molecule has 0 aliphatic heterocycles. The van der Waals surface area contributed by atoms with Crippen LogP contribution in [0.25, 0.3) is 0 Å². The van der Waals surface area contributed by atoms with Crippen LogP contribution in [0.2, 0.25) is 0 Å². The Hall–Kier alpha value is -1.39. The lowest BCUT2D eigenvalue weighted by molar-refractivity contribution is -0.132. The third kappa shape index (κ3) is 3.84. The van der Waals surface area contributed by atoms with E-state index in [2.05, 4.69) is 0 Å². The van der Waals surface area contributed by atoms with Crippen molar-refractivity contribution in [2.75, 3.05) is 13.6 Å². The summed E-state index contributed by atoms with van der Waals surface area (Å²) in [4.78, 5) is 13.4. The van der Waals surface area contributed by atoms with Gasteiger partial charge in [-0.05, 0) is 19.4 Å². The molecule has 0 saturated heterocycles. The molecule has 0 fully saturated rings. The molecule has 0 aliphatic rings. The number of aliphatic hydroxyl groups excluding tert-OH is 1. The number of carbonyl (C=O) groups is 1. The quantitative estimate of drug-likeness (QED) is 0.814. The Balaban J connectivity index is 2.72. The Labute approximate surface area is 102 Å². The monoisotopic (exact) mass is 236 g/mol. The van der Waals surface area contributed by atoms with Crippen molar-refractivity contribution in [3.8, 4) is 0 Å². The van der Waals surface area contributed by atoms with Crippen molar-refractivity contribution in [3.05, 3.63) is 35.4 Å². The van der Waals surface area contributed by atoms with Crippen LogP contribution in [0.3, 0.4) is 0 Å². The van der Waals surface area contributed by atoms with Gasteiger partial charge in [-0.15, -0.1) is 0 Å². The second-order valence-electron chi connectivity index (χ2n) is 4.46. The summed E-state index contributed by atoms with van der Waals surface area (Å²) in [6, 6.07) is 6.90. The van der Waals surface area contributed by atoms with Gasteiger partial charge in [0.2, 0.25) is 5.91 Å². The first-order valence-electron chi connectivity index (χ1n) is 5.67. The van der Waals surface area contributed by atoms with Gasteiger partial charge in [0.1, 0.15) is 6.04 Å². The molecule has 0 aromatic heterocycles. The highest BCUT2D eigenvalue weighted by Crippen LogP contribution is 2.13. The highest BCUT2D eigenvalue weighted by atomic mass is 16.3. The molecule has 0 radical (unpaired) electrons. The maximum absolute atomic E-state index is 12.0. The lowest BCUT2D eigenvalue weighted by Gasteiger charge is -2.22. The molecule has 17 heavy (non-hydrogen) atoms. The SMILES string of the molecule is Cc1ccc(C(N)C(=O)N(C)CC(C)O)cc1. The zero-order valence-electron chi connectivity index (χ0n) is 10.6. The maximum atomic E-state index is 12.0. The van der Waals surface area contributed by atoms with Crippen LogP contribution in [-0.2, 0) is 4.79 Å². The number of hydrogen-bond acceptors (Lipinski definition) is 3. The van der Waals surface area contributed by atoms with Crippen molar-refractivity contribution < 1.29 is 9.90 Å². The Kier molecular flexibility index (Phi) is 4.66. The molecule has 1 aromatic rings. The standard InChI is InChI=1S/C13H20N2O2/c1-9-4-6-11(7-5-9)12(14)13(17)15(3)8-10(2)16/h4-7,10,12,16H,8,14H2,1-3H3. The van der Waals surface area contributed by atoms with Gasteiger partial charge in [-0.2, -0.15) is 0 Å². The number of carbonyl (C=O) groups excluding carboxylic acids is 1. The summed E-state index contributed by atoms with van der Waals surface area (Å²) in [5.74, 6) is -0.185. The van der Waals surface area contributed by atoms with E-state index in [4.69, 9.17) is 5.73 Å². The van der Waals surface area contributed by atoms with Crippen LogP contribution >= 0.6 is 0 Å². The molecule has 0 saturated carbocycles. The average Bonchev–Trinajstić information content (AvgIpc) is 2.27. The fourth-order valence-electron chi connectivity index (χ4n) is 1.64. The van der Waals surface area contributed by atoms with Gasteiger partial charge in [-0.3, -0.25) is 4.79 Å². The van der Waals surface area contributed by atoms with Gasteiger partial charge in [0.15, 0.2) is 0 Å². The molecule has 0 spiro atoms. The number of rotatable bonds is 4. The summed E-state index contributed by atoms with van der Waals surface area (Å²) in [7, 11) is 1.64. The molecule has 0 heterocycles. The first-order chi connectivity index (χ1) is 7.91. The predicted octanol–water partition coefficient (Wildman–Crippen LogP) is 0.834. The van der Waals surface area contributed by atoms with E-state index < -0.39 is 12.1 Å². The predicted molar refractivity (Wildman–Crippen MR) is 67.4 cm³/mol. The largest absolute Gasteiger partial charge is 0.392 e. The van der Waals surface area contributed by atoms with Crippen molar-refractivity contribution in [1.82, 2.24) is 4.90 Å². The minimum atomic E-state index is -0.667. The van der Waals surface area contributed by atoms with E-state index in [-0.39, 0.29) is 5.91 Å².